The molecule has 0 atom stereocenters. The second kappa shape index (κ2) is 8.27. The molecular formula is C22H24N4O2. The number of H-pyrrole nitrogens is 2. The zero-order chi connectivity index (χ0) is 19.3. The highest BCUT2D eigenvalue weighted by molar-refractivity contribution is 5.67. The Bertz CT molecular complexity index is 1010. The molecule has 144 valence electrons. The van der Waals surface area contributed by atoms with Crippen LogP contribution in [0.15, 0.2) is 70.3 Å². The van der Waals surface area contributed by atoms with Crippen LogP contribution in [0.2, 0.25) is 0 Å². The first kappa shape index (κ1) is 18.3. The quantitative estimate of drug-likeness (QED) is 0.734. The van der Waals surface area contributed by atoms with E-state index in [-0.39, 0.29) is 5.56 Å². The molecule has 0 saturated carbocycles. The molecular weight excluding hydrogens is 352 g/mol. The van der Waals surface area contributed by atoms with Crippen LogP contribution in [-0.2, 0) is 6.54 Å². The van der Waals surface area contributed by atoms with Crippen molar-refractivity contribution in [2.24, 2.45) is 0 Å². The summed E-state index contributed by atoms with van der Waals surface area (Å²) in [5.41, 5.74) is 2.99. The maximum atomic E-state index is 11.6. The topological polar surface area (TPSA) is 72.2 Å². The highest BCUT2D eigenvalue weighted by atomic mass is 16.2. The Morgan fingerprint density at radius 3 is 2.43 bits per heavy atom. The number of aromatic nitrogens is 2. The molecule has 1 saturated heterocycles. The molecule has 6 nitrogen and oxygen atoms in total. The maximum absolute atomic E-state index is 11.6. The number of nitrogens with one attached hydrogen (secondary N) is 2. The number of rotatable bonds is 4. The summed E-state index contributed by atoms with van der Waals surface area (Å²) in [5.74, 6) is 0.597. The predicted octanol–water partition coefficient (Wildman–Crippen LogP) is 2.44. The normalized spacial score (nSPS) is 15.4. The van der Waals surface area contributed by atoms with Crippen molar-refractivity contribution in [3.05, 3.63) is 87.1 Å². The van der Waals surface area contributed by atoms with Crippen molar-refractivity contribution in [1.82, 2.24) is 14.9 Å². The van der Waals surface area contributed by atoms with E-state index in [0.29, 0.717) is 5.82 Å². The number of anilines is 1. The third-order valence-electron chi connectivity index (χ3n) is 5.17. The zero-order valence-electron chi connectivity index (χ0n) is 15.7. The number of aromatic amines is 2. The molecule has 2 N–H and O–H groups in total. The Hall–Kier alpha value is -3.12. The van der Waals surface area contributed by atoms with Crippen LogP contribution in [0.1, 0.15) is 12.0 Å². The molecule has 0 unspecified atom stereocenters. The van der Waals surface area contributed by atoms with Gasteiger partial charge in [0.25, 0.3) is 5.56 Å². The Morgan fingerprint density at radius 2 is 1.61 bits per heavy atom. The minimum Gasteiger partial charge on any atom is -0.357 e. The van der Waals surface area contributed by atoms with Gasteiger partial charge in [-0.3, -0.25) is 19.7 Å². The molecule has 1 aromatic heterocycles. The van der Waals surface area contributed by atoms with E-state index in [0.717, 1.165) is 39.1 Å². The zero-order valence-corrected chi connectivity index (χ0v) is 15.7. The summed E-state index contributed by atoms with van der Waals surface area (Å²) in [6, 6.07) is 20.5. The summed E-state index contributed by atoms with van der Waals surface area (Å²) in [6.45, 7) is 4.32. The number of hydrogen-bond donors (Lipinski definition) is 2. The van der Waals surface area contributed by atoms with E-state index in [1.54, 1.807) is 0 Å². The van der Waals surface area contributed by atoms with Crippen molar-refractivity contribution in [2.45, 2.75) is 13.0 Å². The molecule has 2 heterocycles. The lowest BCUT2D eigenvalue weighted by Gasteiger charge is -2.23. The molecule has 1 aliphatic rings. The summed E-state index contributed by atoms with van der Waals surface area (Å²) < 4.78 is 0. The van der Waals surface area contributed by atoms with Crippen LogP contribution in [0.3, 0.4) is 0 Å². The standard InChI is InChI=1S/C22H24N4O2/c27-21-15-20(23-22(28)24-21)26-12-6-11-25(13-14-26)16-18-9-4-5-10-19(18)17-7-2-1-3-8-17/h1-5,7-10,15H,6,11-14,16H2,(H2,23,24,27,28). The van der Waals surface area contributed by atoms with Crippen molar-refractivity contribution in [2.75, 3.05) is 31.1 Å². The molecule has 3 aromatic rings. The van der Waals surface area contributed by atoms with Gasteiger partial charge in [0, 0.05) is 38.8 Å². The molecule has 0 bridgehead atoms. The van der Waals surface area contributed by atoms with Crippen LogP contribution >= 0.6 is 0 Å². The first-order valence-electron chi connectivity index (χ1n) is 9.63. The fraction of sp³-hybridized carbons (Fsp3) is 0.273. The lowest BCUT2D eigenvalue weighted by molar-refractivity contribution is 0.286. The molecule has 1 fully saturated rings. The van der Waals surface area contributed by atoms with Gasteiger partial charge in [-0.25, -0.2) is 4.79 Å². The summed E-state index contributed by atoms with van der Waals surface area (Å²) in [6.07, 6.45) is 0.975. The fourth-order valence-electron chi connectivity index (χ4n) is 3.79. The highest BCUT2D eigenvalue weighted by Gasteiger charge is 2.17. The third kappa shape index (κ3) is 4.23. The molecule has 0 aliphatic carbocycles. The van der Waals surface area contributed by atoms with Gasteiger partial charge in [0.1, 0.15) is 5.82 Å². The summed E-state index contributed by atoms with van der Waals surface area (Å²) in [5, 5.41) is 0. The average molecular weight is 376 g/mol. The maximum Gasteiger partial charge on any atom is 0.327 e. The van der Waals surface area contributed by atoms with E-state index in [9.17, 15) is 9.59 Å². The van der Waals surface area contributed by atoms with Crippen molar-refractivity contribution < 1.29 is 0 Å². The lowest BCUT2D eigenvalue weighted by Crippen LogP contribution is -2.33. The molecule has 0 radical (unpaired) electrons. The van der Waals surface area contributed by atoms with Crippen LogP contribution in [-0.4, -0.2) is 41.0 Å². The van der Waals surface area contributed by atoms with E-state index < -0.39 is 5.69 Å². The van der Waals surface area contributed by atoms with Gasteiger partial charge in [0.15, 0.2) is 0 Å². The Morgan fingerprint density at radius 1 is 0.821 bits per heavy atom. The van der Waals surface area contributed by atoms with E-state index in [4.69, 9.17) is 0 Å². The lowest BCUT2D eigenvalue weighted by atomic mass is 9.99. The molecule has 1 aliphatic heterocycles. The minimum absolute atomic E-state index is 0.364. The highest BCUT2D eigenvalue weighted by Crippen LogP contribution is 2.25. The van der Waals surface area contributed by atoms with Crippen LogP contribution in [0, 0.1) is 0 Å². The predicted molar refractivity (Wildman–Crippen MR) is 112 cm³/mol. The second-order valence-electron chi connectivity index (χ2n) is 7.11. The summed E-state index contributed by atoms with van der Waals surface area (Å²) >= 11 is 0. The van der Waals surface area contributed by atoms with Crippen LogP contribution < -0.4 is 16.1 Å². The van der Waals surface area contributed by atoms with Gasteiger partial charge in [-0.05, 0) is 23.1 Å². The van der Waals surface area contributed by atoms with Gasteiger partial charge in [0.05, 0.1) is 0 Å². The van der Waals surface area contributed by atoms with Crippen LogP contribution in [0.4, 0.5) is 5.82 Å². The van der Waals surface area contributed by atoms with Gasteiger partial charge in [0.2, 0.25) is 0 Å². The van der Waals surface area contributed by atoms with Gasteiger partial charge in [-0.2, -0.15) is 0 Å². The Labute approximate surface area is 163 Å². The van der Waals surface area contributed by atoms with E-state index in [1.165, 1.54) is 22.8 Å². The van der Waals surface area contributed by atoms with Crippen LogP contribution in [0.5, 0.6) is 0 Å². The van der Waals surface area contributed by atoms with Crippen LogP contribution in [0.25, 0.3) is 11.1 Å². The Balaban J connectivity index is 1.49. The van der Waals surface area contributed by atoms with E-state index >= 15 is 0 Å². The molecule has 2 aromatic carbocycles. The van der Waals surface area contributed by atoms with Crippen molar-refractivity contribution in [3.8, 4) is 11.1 Å². The SMILES string of the molecule is O=c1cc(N2CCCN(Cc3ccccc3-c3ccccc3)CC2)[nH]c(=O)[nH]1. The van der Waals surface area contributed by atoms with E-state index in [2.05, 4.69) is 68.3 Å². The van der Waals surface area contributed by atoms with E-state index in [1.807, 2.05) is 6.07 Å². The number of benzene rings is 2. The average Bonchev–Trinajstić information content (AvgIpc) is 2.94. The third-order valence-corrected chi connectivity index (χ3v) is 5.17. The molecule has 4 rings (SSSR count). The van der Waals surface area contributed by atoms with Gasteiger partial charge in [-0.15, -0.1) is 0 Å². The largest absolute Gasteiger partial charge is 0.357 e. The van der Waals surface area contributed by atoms with Crippen molar-refractivity contribution in [3.63, 3.8) is 0 Å². The van der Waals surface area contributed by atoms with Crippen molar-refractivity contribution in [1.29, 1.82) is 0 Å². The number of nitrogens with zero attached hydrogens (tertiary/aromatic N) is 2. The number of hydrogen-bond acceptors (Lipinski definition) is 4. The molecule has 0 spiro atoms. The fourth-order valence-corrected chi connectivity index (χ4v) is 3.79. The minimum atomic E-state index is -0.458. The van der Waals surface area contributed by atoms with Crippen molar-refractivity contribution >= 4 is 5.82 Å². The molecule has 0 amide bonds. The Kier molecular flexibility index (Phi) is 5.39. The smallest absolute Gasteiger partial charge is 0.327 e. The first-order chi connectivity index (χ1) is 13.7. The summed E-state index contributed by atoms with van der Waals surface area (Å²) in [7, 11) is 0. The molecule has 28 heavy (non-hydrogen) atoms. The summed E-state index contributed by atoms with van der Waals surface area (Å²) in [4.78, 5) is 32.7. The molecule has 6 heteroatoms. The first-order valence-corrected chi connectivity index (χ1v) is 9.63. The van der Waals surface area contributed by atoms with Gasteiger partial charge >= 0.3 is 5.69 Å². The second-order valence-corrected chi connectivity index (χ2v) is 7.11. The van der Waals surface area contributed by atoms with Gasteiger partial charge in [-0.1, -0.05) is 54.6 Å². The monoisotopic (exact) mass is 376 g/mol. The van der Waals surface area contributed by atoms with Gasteiger partial charge < -0.3 is 4.90 Å².